The Bertz CT molecular complexity index is 388. The predicted molar refractivity (Wildman–Crippen MR) is 61.2 cm³/mol. The summed E-state index contributed by atoms with van der Waals surface area (Å²) < 4.78 is 1.67. The first kappa shape index (κ1) is 12.2. The van der Waals surface area contributed by atoms with Crippen LogP contribution in [0.3, 0.4) is 0 Å². The SMILES string of the molecule is Cc1nn(CC(=O)C(C)(C)C)c(C)c1Cl. The van der Waals surface area contributed by atoms with Crippen molar-refractivity contribution < 1.29 is 4.79 Å². The molecule has 3 nitrogen and oxygen atoms in total. The van der Waals surface area contributed by atoms with E-state index in [4.69, 9.17) is 11.6 Å². The van der Waals surface area contributed by atoms with Crippen molar-refractivity contribution in [3.05, 3.63) is 16.4 Å². The van der Waals surface area contributed by atoms with Gasteiger partial charge in [0.1, 0.15) is 6.54 Å². The second-order valence-corrected chi connectivity index (χ2v) is 5.19. The first-order valence-electron chi connectivity index (χ1n) is 4.96. The molecule has 1 aromatic heterocycles. The van der Waals surface area contributed by atoms with Gasteiger partial charge in [0.05, 0.1) is 16.4 Å². The molecule has 0 aliphatic carbocycles. The number of nitrogens with zero attached hydrogens (tertiary/aromatic N) is 2. The molecule has 0 amide bonds. The van der Waals surface area contributed by atoms with Crippen LogP contribution in [0.15, 0.2) is 0 Å². The summed E-state index contributed by atoms with van der Waals surface area (Å²) >= 11 is 6.00. The number of ketones is 1. The van der Waals surface area contributed by atoms with Crippen LogP contribution in [0, 0.1) is 19.3 Å². The third-order valence-electron chi connectivity index (χ3n) is 2.42. The van der Waals surface area contributed by atoms with Gasteiger partial charge in [-0.2, -0.15) is 5.10 Å². The Balaban J connectivity index is 2.91. The summed E-state index contributed by atoms with van der Waals surface area (Å²) in [4.78, 5) is 11.8. The van der Waals surface area contributed by atoms with E-state index in [1.165, 1.54) is 0 Å². The third kappa shape index (κ3) is 2.59. The number of hydrogen-bond donors (Lipinski definition) is 0. The van der Waals surface area contributed by atoms with Gasteiger partial charge in [-0.1, -0.05) is 32.4 Å². The number of aromatic nitrogens is 2. The lowest BCUT2D eigenvalue weighted by molar-refractivity contribution is -0.127. The van der Waals surface area contributed by atoms with Crippen LogP contribution in [-0.4, -0.2) is 15.6 Å². The first-order valence-corrected chi connectivity index (χ1v) is 5.34. The molecule has 0 saturated heterocycles. The van der Waals surface area contributed by atoms with E-state index in [0.717, 1.165) is 11.4 Å². The Morgan fingerprint density at radius 2 is 1.93 bits per heavy atom. The lowest BCUT2D eigenvalue weighted by Crippen LogP contribution is -2.25. The lowest BCUT2D eigenvalue weighted by atomic mass is 9.91. The molecule has 0 saturated carbocycles. The van der Waals surface area contributed by atoms with Gasteiger partial charge in [0.25, 0.3) is 0 Å². The monoisotopic (exact) mass is 228 g/mol. The van der Waals surface area contributed by atoms with Gasteiger partial charge < -0.3 is 0 Å². The zero-order valence-corrected chi connectivity index (χ0v) is 10.6. The molecular weight excluding hydrogens is 212 g/mol. The molecule has 0 unspecified atom stereocenters. The van der Waals surface area contributed by atoms with Crippen molar-refractivity contribution >= 4 is 17.4 Å². The van der Waals surface area contributed by atoms with Crippen molar-refractivity contribution in [3.8, 4) is 0 Å². The van der Waals surface area contributed by atoms with Gasteiger partial charge in [0, 0.05) is 5.41 Å². The van der Waals surface area contributed by atoms with Gasteiger partial charge in [-0.3, -0.25) is 9.48 Å². The van der Waals surface area contributed by atoms with Crippen molar-refractivity contribution in [2.24, 2.45) is 5.41 Å². The minimum Gasteiger partial charge on any atom is -0.297 e. The second kappa shape index (κ2) is 3.97. The highest BCUT2D eigenvalue weighted by Gasteiger charge is 2.22. The Hall–Kier alpha value is -0.830. The molecule has 0 radical (unpaired) electrons. The molecule has 1 aromatic rings. The molecule has 4 heteroatoms. The van der Waals surface area contributed by atoms with E-state index in [2.05, 4.69) is 5.10 Å². The molecule has 0 atom stereocenters. The molecule has 1 rings (SSSR count). The lowest BCUT2D eigenvalue weighted by Gasteiger charge is -2.16. The Kier molecular flexibility index (Phi) is 3.24. The van der Waals surface area contributed by atoms with E-state index in [9.17, 15) is 4.79 Å². The summed E-state index contributed by atoms with van der Waals surface area (Å²) in [7, 11) is 0. The van der Waals surface area contributed by atoms with E-state index in [0.29, 0.717) is 11.6 Å². The molecule has 0 aromatic carbocycles. The highest BCUT2D eigenvalue weighted by atomic mass is 35.5. The van der Waals surface area contributed by atoms with Gasteiger partial charge in [-0.05, 0) is 13.8 Å². The van der Waals surface area contributed by atoms with Crippen LogP contribution in [0.25, 0.3) is 0 Å². The molecular formula is C11H17ClN2O. The largest absolute Gasteiger partial charge is 0.297 e. The second-order valence-electron chi connectivity index (χ2n) is 4.82. The van der Waals surface area contributed by atoms with Gasteiger partial charge in [0.2, 0.25) is 0 Å². The predicted octanol–water partition coefficient (Wildman–Crippen LogP) is 2.77. The summed E-state index contributed by atoms with van der Waals surface area (Å²) in [6.07, 6.45) is 0. The first-order chi connectivity index (χ1) is 6.73. The van der Waals surface area contributed by atoms with Crippen LogP contribution in [-0.2, 0) is 11.3 Å². The van der Waals surface area contributed by atoms with Crippen molar-refractivity contribution in [1.82, 2.24) is 9.78 Å². The Labute approximate surface area is 95.4 Å². The van der Waals surface area contributed by atoms with Gasteiger partial charge in [0.15, 0.2) is 5.78 Å². The van der Waals surface area contributed by atoms with Crippen molar-refractivity contribution in [2.75, 3.05) is 0 Å². The van der Waals surface area contributed by atoms with Gasteiger partial charge >= 0.3 is 0 Å². The Morgan fingerprint density at radius 1 is 1.40 bits per heavy atom. The molecule has 0 N–H and O–H groups in total. The van der Waals surface area contributed by atoms with Crippen LogP contribution in [0.1, 0.15) is 32.2 Å². The molecule has 84 valence electrons. The van der Waals surface area contributed by atoms with Crippen molar-refractivity contribution in [1.29, 1.82) is 0 Å². The van der Waals surface area contributed by atoms with Crippen LogP contribution >= 0.6 is 11.6 Å². The zero-order chi connectivity index (χ0) is 11.8. The summed E-state index contributed by atoms with van der Waals surface area (Å²) in [6.45, 7) is 9.72. The van der Waals surface area contributed by atoms with E-state index < -0.39 is 0 Å². The Morgan fingerprint density at radius 3 is 2.27 bits per heavy atom. The summed E-state index contributed by atoms with van der Waals surface area (Å²) in [6, 6.07) is 0. The number of Topliss-reactive ketones (excluding diaryl/α,β-unsaturated/α-hetero) is 1. The van der Waals surface area contributed by atoms with Crippen LogP contribution in [0.4, 0.5) is 0 Å². The van der Waals surface area contributed by atoms with E-state index in [1.54, 1.807) is 4.68 Å². The average molecular weight is 229 g/mol. The number of carbonyl (C=O) groups is 1. The smallest absolute Gasteiger partial charge is 0.159 e. The molecule has 0 fully saturated rings. The number of halogens is 1. The van der Waals surface area contributed by atoms with Crippen molar-refractivity contribution in [2.45, 2.75) is 41.2 Å². The highest BCUT2D eigenvalue weighted by Crippen LogP contribution is 2.21. The fraction of sp³-hybridized carbons (Fsp3) is 0.636. The summed E-state index contributed by atoms with van der Waals surface area (Å²) in [5, 5.41) is 4.88. The molecule has 0 bridgehead atoms. The van der Waals surface area contributed by atoms with Crippen LogP contribution in [0.5, 0.6) is 0 Å². The van der Waals surface area contributed by atoms with E-state index in [1.807, 2.05) is 34.6 Å². The normalized spacial score (nSPS) is 11.9. The number of carbonyl (C=O) groups excluding carboxylic acids is 1. The molecule has 15 heavy (non-hydrogen) atoms. The number of hydrogen-bond acceptors (Lipinski definition) is 2. The maximum absolute atomic E-state index is 11.8. The van der Waals surface area contributed by atoms with Crippen LogP contribution in [0.2, 0.25) is 5.02 Å². The van der Waals surface area contributed by atoms with Gasteiger partial charge in [-0.25, -0.2) is 0 Å². The minimum absolute atomic E-state index is 0.157. The van der Waals surface area contributed by atoms with Crippen molar-refractivity contribution in [3.63, 3.8) is 0 Å². The third-order valence-corrected chi connectivity index (χ3v) is 2.97. The standard InChI is InChI=1S/C11H17ClN2O/c1-7-10(12)8(2)14(13-7)6-9(15)11(3,4)5/h6H2,1-5H3. The maximum Gasteiger partial charge on any atom is 0.159 e. The fourth-order valence-electron chi connectivity index (χ4n) is 1.20. The molecule has 0 spiro atoms. The number of rotatable bonds is 2. The summed E-state index contributed by atoms with van der Waals surface area (Å²) in [5.74, 6) is 0.157. The maximum atomic E-state index is 11.8. The quantitative estimate of drug-likeness (QED) is 0.780. The zero-order valence-electron chi connectivity index (χ0n) is 9.89. The van der Waals surface area contributed by atoms with E-state index in [-0.39, 0.29) is 11.2 Å². The molecule has 0 aliphatic heterocycles. The van der Waals surface area contributed by atoms with Gasteiger partial charge in [-0.15, -0.1) is 0 Å². The minimum atomic E-state index is -0.335. The summed E-state index contributed by atoms with van der Waals surface area (Å²) in [5.41, 5.74) is 1.29. The number of aryl methyl sites for hydroxylation is 1. The van der Waals surface area contributed by atoms with Crippen LogP contribution < -0.4 is 0 Å². The fourth-order valence-corrected chi connectivity index (χ4v) is 1.34. The molecule has 1 heterocycles. The topological polar surface area (TPSA) is 34.9 Å². The van der Waals surface area contributed by atoms with E-state index >= 15 is 0 Å². The average Bonchev–Trinajstić information content (AvgIpc) is 2.32. The molecule has 0 aliphatic rings. The highest BCUT2D eigenvalue weighted by molar-refractivity contribution is 6.31.